The highest BCUT2D eigenvalue weighted by atomic mass is 79.9. The van der Waals surface area contributed by atoms with Gasteiger partial charge in [0.1, 0.15) is 5.75 Å². The number of rotatable bonds is 9. The third-order valence-electron chi connectivity index (χ3n) is 5.40. The number of hydrogen-bond acceptors (Lipinski definition) is 8. The molecular formula is C30H33Br2N7O3S. The Kier molecular flexibility index (Phi) is 15.1. The summed E-state index contributed by atoms with van der Waals surface area (Å²) in [5.74, 6) is -1.16. The molecule has 0 radical (unpaired) electrons. The van der Waals surface area contributed by atoms with Gasteiger partial charge in [0, 0.05) is 24.1 Å². The number of hydrogen-bond donors (Lipinski definition) is 7. The number of nitrogens with zero attached hydrogens (tertiary/aromatic N) is 1. The largest absolute Gasteiger partial charge is 0.506 e. The maximum absolute atomic E-state index is 12.7. The molecule has 10 nitrogen and oxygen atoms in total. The van der Waals surface area contributed by atoms with Crippen LogP contribution in [0.5, 0.6) is 5.75 Å². The molecule has 1 atom stereocenters. The number of benzene rings is 4. The van der Waals surface area contributed by atoms with E-state index in [0.717, 1.165) is 22.1 Å². The molecule has 8 N–H and O–H groups in total. The third kappa shape index (κ3) is 11.3. The van der Waals surface area contributed by atoms with E-state index in [4.69, 9.17) is 5.73 Å². The predicted molar refractivity (Wildman–Crippen MR) is 187 cm³/mol. The van der Waals surface area contributed by atoms with Crippen molar-refractivity contribution < 1.29 is 14.7 Å². The Balaban J connectivity index is 0.000000451. The Labute approximate surface area is 272 Å². The number of phenolic OH excluding ortho intramolecular Hbond substituents is 1. The van der Waals surface area contributed by atoms with Crippen molar-refractivity contribution in [2.45, 2.75) is 19.9 Å². The molecule has 0 heterocycles. The highest BCUT2D eigenvalue weighted by Gasteiger charge is 2.26. The van der Waals surface area contributed by atoms with Crippen LogP contribution in [0.15, 0.2) is 92.9 Å². The molecule has 0 aliphatic heterocycles. The van der Waals surface area contributed by atoms with Crippen molar-refractivity contribution in [1.29, 1.82) is 0 Å². The number of nitrogens with one attached hydrogen (secondary N) is 5. The fourth-order valence-corrected chi connectivity index (χ4v) is 4.79. The molecule has 0 aromatic heterocycles. The number of anilines is 3. The summed E-state index contributed by atoms with van der Waals surface area (Å²) in [6, 6.07) is 22.8. The third-order valence-corrected chi connectivity index (χ3v) is 6.72. The molecular weight excluding hydrogens is 698 g/mol. The number of carbonyl (C=O) groups is 2. The number of thiocarbonyl (C=S) groups is 1. The zero-order valence-corrected chi connectivity index (χ0v) is 27.7. The minimum atomic E-state index is -1.23. The van der Waals surface area contributed by atoms with E-state index < -0.39 is 17.9 Å². The van der Waals surface area contributed by atoms with E-state index in [-0.39, 0.29) is 5.75 Å². The van der Waals surface area contributed by atoms with E-state index >= 15 is 0 Å². The summed E-state index contributed by atoms with van der Waals surface area (Å²) < 4.78 is 0.942. The van der Waals surface area contributed by atoms with Crippen molar-refractivity contribution in [2.75, 3.05) is 23.4 Å². The maximum Gasteiger partial charge on any atom is 0.272 e. The highest BCUT2D eigenvalue weighted by Crippen LogP contribution is 2.32. The van der Waals surface area contributed by atoms with Crippen LogP contribution in [0.1, 0.15) is 19.4 Å². The average molecular weight is 732 g/mol. The number of nitrogens with two attached hydrogens (primary N) is 1. The van der Waals surface area contributed by atoms with E-state index in [2.05, 4.69) is 76.1 Å². The van der Waals surface area contributed by atoms with Gasteiger partial charge in [-0.15, -0.1) is 0 Å². The molecule has 43 heavy (non-hydrogen) atoms. The van der Waals surface area contributed by atoms with Gasteiger partial charge < -0.3 is 21.5 Å². The number of hydrazine groups is 1. The number of amides is 2. The van der Waals surface area contributed by atoms with Gasteiger partial charge in [0.15, 0.2) is 6.04 Å². The van der Waals surface area contributed by atoms with Crippen LogP contribution < -0.4 is 32.6 Å². The molecule has 4 rings (SSSR count). The minimum Gasteiger partial charge on any atom is -0.506 e. The first kappa shape index (κ1) is 35.2. The first-order chi connectivity index (χ1) is 20.7. The number of nitrogen functional groups attached to an aromatic ring is 1. The van der Waals surface area contributed by atoms with Crippen molar-refractivity contribution in [2.24, 2.45) is 5.10 Å². The standard InChI is InChI=1S/C21H19Br2N5O3.C7H8N2S.C2H6/c1-24-27-20(30)18(26-15-7-6-13-4-2-3-5-14(13)10-15)21(31)28-25-11-12-8-16(22)19(29)17(23)9-12;8-6-1-3-7(4-2-6)9-5-10;1-2/h2-11,18,24,26,29H,1H3,(H,27,30)(H,28,31);1-5H,8H2,(H,9,10);1-2H3/b25-11+;;. The van der Waals surface area contributed by atoms with E-state index in [0.29, 0.717) is 20.2 Å². The van der Waals surface area contributed by atoms with Gasteiger partial charge in [-0.2, -0.15) is 5.10 Å². The first-order valence-electron chi connectivity index (χ1n) is 13.0. The van der Waals surface area contributed by atoms with Crippen LogP contribution in [0, 0.1) is 0 Å². The van der Waals surface area contributed by atoms with E-state index in [1.165, 1.54) is 18.8 Å². The van der Waals surface area contributed by atoms with Crippen LogP contribution in [-0.4, -0.2) is 41.7 Å². The summed E-state index contributed by atoms with van der Waals surface area (Å²) in [6.07, 6.45) is 1.40. The summed E-state index contributed by atoms with van der Waals surface area (Å²) >= 11 is 11.1. The second-order valence-corrected chi connectivity index (χ2v) is 10.3. The Hall–Kier alpha value is -4.04. The number of carbonyl (C=O) groups excluding carboxylic acids is 2. The molecule has 2 amide bonds. The van der Waals surface area contributed by atoms with E-state index in [1.54, 1.807) is 18.2 Å². The van der Waals surface area contributed by atoms with Crippen molar-refractivity contribution in [3.8, 4) is 5.75 Å². The molecule has 0 spiro atoms. The Morgan fingerprint density at radius 1 is 0.907 bits per heavy atom. The fourth-order valence-electron chi connectivity index (χ4n) is 3.43. The van der Waals surface area contributed by atoms with E-state index in [1.807, 2.05) is 74.5 Å². The normalized spacial score (nSPS) is 10.8. The lowest BCUT2D eigenvalue weighted by atomic mass is 10.1. The smallest absolute Gasteiger partial charge is 0.272 e. The van der Waals surface area contributed by atoms with Crippen molar-refractivity contribution in [1.82, 2.24) is 16.3 Å². The quantitative estimate of drug-likeness (QED) is 0.0369. The number of phenols is 1. The summed E-state index contributed by atoms with van der Waals surface area (Å²) in [5, 5.41) is 21.5. The topological polar surface area (TPSA) is 153 Å². The Morgan fingerprint density at radius 3 is 2.12 bits per heavy atom. The summed E-state index contributed by atoms with van der Waals surface area (Å²) in [6.45, 7) is 4.00. The summed E-state index contributed by atoms with van der Waals surface area (Å²) in [7, 11) is 1.53. The van der Waals surface area contributed by atoms with Crippen molar-refractivity contribution >= 4 is 95.4 Å². The SMILES string of the molecule is CC.CNNC(=O)C(Nc1ccc2ccccc2c1)C(=O)N/N=C/c1cc(Br)c(O)c(Br)c1.Nc1ccc(NC=S)cc1. The summed E-state index contributed by atoms with van der Waals surface area (Å²) in [5.41, 5.74) is 17.2. The van der Waals surface area contributed by atoms with Gasteiger partial charge in [0.2, 0.25) is 0 Å². The fraction of sp³-hybridized carbons (Fsp3) is 0.133. The molecule has 0 saturated heterocycles. The van der Waals surface area contributed by atoms with Crippen LogP contribution in [-0.2, 0) is 9.59 Å². The lowest BCUT2D eigenvalue weighted by Gasteiger charge is -2.18. The van der Waals surface area contributed by atoms with Crippen LogP contribution in [0.3, 0.4) is 0 Å². The van der Waals surface area contributed by atoms with Crippen LogP contribution >= 0.6 is 44.1 Å². The minimum absolute atomic E-state index is 0.0598. The molecule has 226 valence electrons. The van der Waals surface area contributed by atoms with Gasteiger partial charge in [0.25, 0.3) is 11.8 Å². The number of halogens is 2. The van der Waals surface area contributed by atoms with E-state index in [9.17, 15) is 14.7 Å². The van der Waals surface area contributed by atoms with Gasteiger partial charge in [-0.05, 0) is 96.7 Å². The summed E-state index contributed by atoms with van der Waals surface area (Å²) in [4.78, 5) is 25.1. The maximum atomic E-state index is 12.7. The predicted octanol–water partition coefficient (Wildman–Crippen LogP) is 5.92. The van der Waals surface area contributed by atoms with Gasteiger partial charge in [-0.3, -0.25) is 15.0 Å². The van der Waals surface area contributed by atoms with Crippen molar-refractivity contribution in [3.05, 3.63) is 93.4 Å². The lowest BCUT2D eigenvalue weighted by molar-refractivity contribution is -0.130. The van der Waals surface area contributed by atoms with Crippen LogP contribution in [0.25, 0.3) is 10.8 Å². The molecule has 0 aliphatic carbocycles. The number of aromatic hydroxyl groups is 1. The van der Waals surface area contributed by atoms with Crippen LogP contribution in [0.4, 0.5) is 17.1 Å². The molecule has 13 heteroatoms. The highest BCUT2D eigenvalue weighted by molar-refractivity contribution is 9.11. The van der Waals surface area contributed by atoms with Gasteiger partial charge in [0.05, 0.1) is 20.7 Å². The second-order valence-electron chi connectivity index (χ2n) is 8.33. The van der Waals surface area contributed by atoms with Crippen molar-refractivity contribution in [3.63, 3.8) is 0 Å². The first-order valence-corrected chi connectivity index (χ1v) is 15.1. The lowest BCUT2D eigenvalue weighted by Crippen LogP contribution is -2.51. The molecule has 0 saturated carbocycles. The Morgan fingerprint density at radius 2 is 1.51 bits per heavy atom. The molecule has 4 aromatic rings. The van der Waals surface area contributed by atoms with Gasteiger partial charge >= 0.3 is 0 Å². The second kappa shape index (κ2) is 18.5. The zero-order valence-electron chi connectivity index (χ0n) is 23.7. The van der Waals surface area contributed by atoms with Crippen LogP contribution in [0.2, 0.25) is 0 Å². The average Bonchev–Trinajstić information content (AvgIpc) is 3.01. The Bertz CT molecular complexity index is 1530. The molecule has 0 fully saturated rings. The molecule has 0 aliphatic rings. The molecule has 0 bridgehead atoms. The van der Waals surface area contributed by atoms with Gasteiger partial charge in [-0.25, -0.2) is 10.9 Å². The van der Waals surface area contributed by atoms with Gasteiger partial charge in [-0.1, -0.05) is 56.4 Å². The zero-order chi connectivity index (χ0) is 31.8. The number of hydrazone groups is 1. The monoisotopic (exact) mass is 729 g/mol. The number of fused-ring (bicyclic) bond motifs is 1. The molecule has 1 unspecified atom stereocenters. The molecule has 4 aromatic carbocycles.